The van der Waals surface area contributed by atoms with Gasteiger partial charge < -0.3 is 15.1 Å². The highest BCUT2D eigenvalue weighted by atomic mass is 32.2. The lowest BCUT2D eigenvalue weighted by atomic mass is 10.2. The van der Waals surface area contributed by atoms with Gasteiger partial charge in [0.15, 0.2) is 0 Å². The molecule has 2 rings (SSSR count). The Kier molecular flexibility index (Phi) is 5.55. The van der Waals surface area contributed by atoms with E-state index in [0.29, 0.717) is 6.54 Å². The fourth-order valence-electron chi connectivity index (χ4n) is 1.62. The Morgan fingerprint density at radius 3 is 2.75 bits per heavy atom. The number of hydrogen-bond donors (Lipinski definition) is 2. The highest BCUT2D eigenvalue weighted by molar-refractivity contribution is 7.98. The Morgan fingerprint density at radius 1 is 1.25 bits per heavy atom. The number of carbonyl (C=O) groups excluding carboxylic acids is 1. The molecule has 0 fully saturated rings. The van der Waals surface area contributed by atoms with Crippen LogP contribution in [0.3, 0.4) is 0 Å². The highest BCUT2D eigenvalue weighted by Gasteiger charge is 2.01. The molecule has 0 saturated heterocycles. The van der Waals surface area contributed by atoms with E-state index in [1.54, 1.807) is 18.0 Å². The second kappa shape index (κ2) is 7.65. The molecule has 0 spiro atoms. The number of hydrogen-bond acceptors (Lipinski definition) is 3. The quantitative estimate of drug-likeness (QED) is 0.799. The summed E-state index contributed by atoms with van der Waals surface area (Å²) in [4.78, 5) is 11.6. The van der Waals surface area contributed by atoms with Gasteiger partial charge in [-0.2, -0.15) is 11.8 Å². The van der Waals surface area contributed by atoms with E-state index in [1.807, 2.05) is 43.3 Å². The average Bonchev–Trinajstić information content (AvgIpc) is 2.94. The van der Waals surface area contributed by atoms with Crippen LogP contribution in [-0.4, -0.2) is 18.3 Å². The Balaban J connectivity index is 1.59. The molecule has 4 nitrogen and oxygen atoms in total. The number of anilines is 1. The van der Waals surface area contributed by atoms with Crippen molar-refractivity contribution in [3.8, 4) is 0 Å². The summed E-state index contributed by atoms with van der Waals surface area (Å²) in [5.74, 6) is 2.63. The van der Waals surface area contributed by atoms with Gasteiger partial charge >= 0.3 is 6.03 Å². The van der Waals surface area contributed by atoms with Crippen molar-refractivity contribution in [3.63, 3.8) is 0 Å². The van der Waals surface area contributed by atoms with Crippen LogP contribution < -0.4 is 10.6 Å². The van der Waals surface area contributed by atoms with Crippen molar-refractivity contribution in [2.75, 3.05) is 17.6 Å². The van der Waals surface area contributed by atoms with Crippen molar-refractivity contribution in [1.82, 2.24) is 5.32 Å². The lowest BCUT2D eigenvalue weighted by Gasteiger charge is -2.07. The van der Waals surface area contributed by atoms with Gasteiger partial charge in [-0.15, -0.1) is 0 Å². The molecular formula is C15H18N2O2S. The molecule has 0 aliphatic carbocycles. The average molecular weight is 290 g/mol. The Labute approximate surface area is 122 Å². The molecule has 0 saturated carbocycles. The van der Waals surface area contributed by atoms with E-state index in [9.17, 15) is 4.79 Å². The van der Waals surface area contributed by atoms with Crippen LogP contribution in [0.5, 0.6) is 0 Å². The van der Waals surface area contributed by atoms with Crippen LogP contribution >= 0.6 is 11.8 Å². The standard InChI is InChI=1S/C15H18N2O2S/c1-12-4-6-13(7-5-12)17-15(18)16-8-10-20-11-14-3-2-9-19-14/h2-7,9H,8,10-11H2,1H3,(H2,16,17,18). The molecule has 1 heterocycles. The smallest absolute Gasteiger partial charge is 0.319 e. The Hall–Kier alpha value is -1.88. The fraction of sp³-hybridized carbons (Fsp3) is 0.267. The third-order valence-corrected chi connectivity index (χ3v) is 3.65. The van der Waals surface area contributed by atoms with Gasteiger partial charge in [0.2, 0.25) is 0 Å². The lowest BCUT2D eigenvalue weighted by molar-refractivity contribution is 0.252. The largest absolute Gasteiger partial charge is 0.468 e. The van der Waals surface area contributed by atoms with Crippen molar-refractivity contribution in [3.05, 3.63) is 54.0 Å². The second-order valence-electron chi connectivity index (χ2n) is 4.38. The van der Waals surface area contributed by atoms with Gasteiger partial charge in [-0.3, -0.25) is 0 Å². The maximum absolute atomic E-state index is 11.6. The van der Waals surface area contributed by atoms with Crippen LogP contribution in [0, 0.1) is 6.92 Å². The van der Waals surface area contributed by atoms with Crippen molar-refractivity contribution in [2.24, 2.45) is 0 Å². The number of amides is 2. The highest BCUT2D eigenvalue weighted by Crippen LogP contribution is 2.11. The second-order valence-corrected chi connectivity index (χ2v) is 5.48. The monoisotopic (exact) mass is 290 g/mol. The molecule has 5 heteroatoms. The zero-order valence-electron chi connectivity index (χ0n) is 11.4. The minimum Gasteiger partial charge on any atom is -0.468 e. The predicted octanol–water partition coefficient (Wildman–Crippen LogP) is 3.64. The fourth-order valence-corrected chi connectivity index (χ4v) is 2.37. The summed E-state index contributed by atoms with van der Waals surface area (Å²) in [6.07, 6.45) is 1.67. The van der Waals surface area contributed by atoms with Crippen LogP contribution in [0.1, 0.15) is 11.3 Å². The zero-order valence-corrected chi connectivity index (χ0v) is 12.2. The maximum Gasteiger partial charge on any atom is 0.319 e. The number of nitrogens with one attached hydrogen (secondary N) is 2. The molecule has 0 radical (unpaired) electrons. The van der Waals surface area contributed by atoms with Gasteiger partial charge in [0.1, 0.15) is 5.76 Å². The first-order valence-electron chi connectivity index (χ1n) is 6.46. The third-order valence-electron chi connectivity index (χ3n) is 2.67. The number of rotatable bonds is 6. The predicted molar refractivity (Wildman–Crippen MR) is 83.1 cm³/mol. The van der Waals surface area contributed by atoms with Crippen LogP contribution in [0.25, 0.3) is 0 Å². The minimum atomic E-state index is -0.174. The summed E-state index contributed by atoms with van der Waals surface area (Å²) in [6, 6.07) is 11.4. The molecule has 2 N–H and O–H groups in total. The summed E-state index contributed by atoms with van der Waals surface area (Å²) in [5, 5.41) is 5.62. The first-order valence-corrected chi connectivity index (χ1v) is 7.61. The van der Waals surface area contributed by atoms with E-state index in [4.69, 9.17) is 4.42 Å². The molecule has 0 aliphatic rings. The number of thioether (sulfide) groups is 1. The number of benzene rings is 1. The van der Waals surface area contributed by atoms with Gasteiger partial charge in [0.05, 0.1) is 12.0 Å². The van der Waals surface area contributed by atoms with E-state index in [-0.39, 0.29) is 6.03 Å². The van der Waals surface area contributed by atoms with Crippen LogP contribution in [0.4, 0.5) is 10.5 Å². The van der Waals surface area contributed by atoms with E-state index >= 15 is 0 Å². The van der Waals surface area contributed by atoms with Gasteiger partial charge in [-0.25, -0.2) is 4.79 Å². The first-order chi connectivity index (χ1) is 9.74. The van der Waals surface area contributed by atoms with Crippen molar-refractivity contribution in [2.45, 2.75) is 12.7 Å². The van der Waals surface area contributed by atoms with Crippen LogP contribution in [0.2, 0.25) is 0 Å². The molecule has 0 atom stereocenters. The molecule has 2 aromatic rings. The molecule has 20 heavy (non-hydrogen) atoms. The van der Waals surface area contributed by atoms with E-state index in [0.717, 1.165) is 23.0 Å². The molecule has 1 aromatic carbocycles. The molecule has 0 unspecified atom stereocenters. The van der Waals surface area contributed by atoms with Crippen molar-refractivity contribution >= 4 is 23.5 Å². The van der Waals surface area contributed by atoms with Crippen LogP contribution in [-0.2, 0) is 5.75 Å². The van der Waals surface area contributed by atoms with Gasteiger partial charge in [-0.1, -0.05) is 17.7 Å². The lowest BCUT2D eigenvalue weighted by Crippen LogP contribution is -2.30. The Morgan fingerprint density at radius 2 is 2.05 bits per heavy atom. The summed E-state index contributed by atoms with van der Waals surface area (Å²) in [6.45, 7) is 2.64. The molecule has 2 amide bonds. The summed E-state index contributed by atoms with van der Waals surface area (Å²) >= 11 is 1.72. The van der Waals surface area contributed by atoms with Crippen LogP contribution in [0.15, 0.2) is 47.1 Å². The molecule has 0 bridgehead atoms. The van der Waals surface area contributed by atoms with E-state index in [2.05, 4.69) is 10.6 Å². The SMILES string of the molecule is Cc1ccc(NC(=O)NCCSCc2ccco2)cc1. The summed E-state index contributed by atoms with van der Waals surface area (Å²) < 4.78 is 5.23. The molecule has 0 aliphatic heterocycles. The van der Waals surface area contributed by atoms with Crippen molar-refractivity contribution < 1.29 is 9.21 Å². The molecule has 106 valence electrons. The summed E-state index contributed by atoms with van der Waals surface area (Å²) in [5.41, 5.74) is 1.97. The number of furan rings is 1. The topological polar surface area (TPSA) is 54.3 Å². The summed E-state index contributed by atoms with van der Waals surface area (Å²) in [7, 11) is 0. The maximum atomic E-state index is 11.6. The number of urea groups is 1. The van der Waals surface area contributed by atoms with Crippen molar-refractivity contribution in [1.29, 1.82) is 0 Å². The zero-order chi connectivity index (χ0) is 14.2. The van der Waals surface area contributed by atoms with Gasteiger partial charge in [-0.05, 0) is 31.2 Å². The third kappa shape index (κ3) is 5.01. The van der Waals surface area contributed by atoms with Gasteiger partial charge in [0.25, 0.3) is 0 Å². The molecule has 1 aromatic heterocycles. The minimum absolute atomic E-state index is 0.174. The van der Waals surface area contributed by atoms with E-state index in [1.165, 1.54) is 5.56 Å². The first kappa shape index (κ1) is 14.5. The van der Waals surface area contributed by atoms with E-state index < -0.39 is 0 Å². The van der Waals surface area contributed by atoms with Gasteiger partial charge in [0, 0.05) is 18.0 Å². The number of aryl methyl sites for hydroxylation is 1. The molecular weight excluding hydrogens is 272 g/mol. The Bertz CT molecular complexity index is 523. The normalized spacial score (nSPS) is 10.2. The number of carbonyl (C=O) groups is 1.